The molecule has 0 atom stereocenters. The molecule has 2 heterocycles. The second-order valence-corrected chi connectivity index (χ2v) is 6.70. The molecule has 25 heavy (non-hydrogen) atoms. The van der Waals surface area contributed by atoms with Crippen molar-refractivity contribution < 1.29 is 18.7 Å². The number of benzene rings is 1. The van der Waals surface area contributed by atoms with E-state index in [1.165, 1.54) is 30.2 Å². The van der Waals surface area contributed by atoms with E-state index in [4.69, 9.17) is 9.15 Å². The van der Waals surface area contributed by atoms with E-state index in [1.807, 2.05) is 5.38 Å². The zero-order valence-electron chi connectivity index (χ0n) is 13.3. The maximum Gasteiger partial charge on any atom is 0.437 e. The van der Waals surface area contributed by atoms with Crippen LogP contribution in [0.2, 0.25) is 0 Å². The highest BCUT2D eigenvalue weighted by Gasteiger charge is 2.19. The van der Waals surface area contributed by atoms with Crippen LogP contribution in [0.5, 0.6) is 5.75 Å². The molecule has 1 aromatic carbocycles. The number of aromatic nitrogens is 2. The minimum atomic E-state index is -0.571. The van der Waals surface area contributed by atoms with Gasteiger partial charge in [0.2, 0.25) is 0 Å². The first-order valence-electron chi connectivity index (χ1n) is 7.10. The van der Waals surface area contributed by atoms with Gasteiger partial charge in [-0.15, -0.1) is 16.4 Å². The Morgan fingerprint density at radius 3 is 2.68 bits per heavy atom. The van der Waals surface area contributed by atoms with Crippen molar-refractivity contribution in [1.82, 2.24) is 9.78 Å². The number of thiophene rings is 1. The first-order valence-corrected chi connectivity index (χ1v) is 8.77. The summed E-state index contributed by atoms with van der Waals surface area (Å²) in [6.45, 7) is 0.221. The van der Waals surface area contributed by atoms with Crippen molar-refractivity contribution in [2.75, 3.05) is 14.2 Å². The molecular formula is C16H13BrN2O5S. The summed E-state index contributed by atoms with van der Waals surface area (Å²) in [7, 11) is 2.86. The molecule has 0 spiro atoms. The lowest BCUT2D eigenvalue weighted by Crippen LogP contribution is -2.16. The van der Waals surface area contributed by atoms with Gasteiger partial charge in [-0.3, -0.25) is 0 Å². The van der Waals surface area contributed by atoms with Crippen molar-refractivity contribution in [3.8, 4) is 16.5 Å². The molecule has 0 saturated carbocycles. The summed E-state index contributed by atoms with van der Waals surface area (Å²) in [5, 5.41) is 6.06. The molecule has 0 radical (unpaired) electrons. The smallest absolute Gasteiger partial charge is 0.437 e. The summed E-state index contributed by atoms with van der Waals surface area (Å²) < 4.78 is 17.2. The molecule has 7 nitrogen and oxygen atoms in total. The van der Waals surface area contributed by atoms with Gasteiger partial charge in [0.05, 0.1) is 30.8 Å². The molecule has 0 N–H and O–H groups in total. The van der Waals surface area contributed by atoms with Crippen LogP contribution in [0.1, 0.15) is 15.9 Å². The van der Waals surface area contributed by atoms with Gasteiger partial charge in [-0.25, -0.2) is 9.59 Å². The number of esters is 1. The third-order valence-electron chi connectivity index (χ3n) is 3.42. The molecule has 0 amide bonds. The van der Waals surface area contributed by atoms with Gasteiger partial charge < -0.3 is 13.9 Å². The summed E-state index contributed by atoms with van der Waals surface area (Å²) in [6, 6.07) is 6.73. The molecule has 0 unspecified atom stereocenters. The molecule has 0 fully saturated rings. The predicted octanol–water partition coefficient (Wildman–Crippen LogP) is 3.17. The van der Waals surface area contributed by atoms with Gasteiger partial charge in [0.1, 0.15) is 4.88 Å². The van der Waals surface area contributed by atoms with E-state index in [1.54, 1.807) is 24.3 Å². The Labute approximate surface area is 154 Å². The second-order valence-electron chi connectivity index (χ2n) is 4.97. The fourth-order valence-corrected chi connectivity index (χ4v) is 3.78. The zero-order valence-corrected chi connectivity index (χ0v) is 15.7. The number of halogens is 1. The first-order chi connectivity index (χ1) is 12.0. The molecule has 3 aromatic rings. The molecule has 2 aromatic heterocycles. The SMILES string of the molecule is COC(=O)c1ccc(Cn2nc(-c3scc(Br)c3OC)oc2=O)cc1. The highest BCUT2D eigenvalue weighted by Crippen LogP contribution is 2.40. The van der Waals surface area contributed by atoms with Crippen molar-refractivity contribution in [3.05, 3.63) is 55.8 Å². The molecule has 0 aliphatic carbocycles. The summed E-state index contributed by atoms with van der Waals surface area (Å²) in [5.74, 6) is -0.217. The number of carbonyl (C=O) groups excluding carboxylic acids is 1. The quantitative estimate of drug-likeness (QED) is 0.584. The van der Waals surface area contributed by atoms with Crippen molar-refractivity contribution in [2.24, 2.45) is 0 Å². The number of hydrogen-bond donors (Lipinski definition) is 0. The Balaban J connectivity index is 1.86. The van der Waals surface area contributed by atoms with Crippen molar-refractivity contribution in [3.63, 3.8) is 0 Å². The Morgan fingerprint density at radius 1 is 1.32 bits per heavy atom. The third kappa shape index (κ3) is 3.52. The van der Waals surface area contributed by atoms with E-state index < -0.39 is 11.7 Å². The van der Waals surface area contributed by atoms with Crippen LogP contribution in [-0.4, -0.2) is 30.0 Å². The molecule has 0 aliphatic heterocycles. The number of carbonyl (C=O) groups is 1. The summed E-state index contributed by atoms with van der Waals surface area (Å²) >= 11 is 4.73. The normalized spacial score (nSPS) is 10.7. The van der Waals surface area contributed by atoms with E-state index in [0.29, 0.717) is 16.2 Å². The highest BCUT2D eigenvalue weighted by molar-refractivity contribution is 9.10. The van der Waals surface area contributed by atoms with E-state index in [2.05, 4.69) is 25.8 Å². The number of ether oxygens (including phenoxy) is 2. The van der Waals surface area contributed by atoms with Crippen LogP contribution in [-0.2, 0) is 11.3 Å². The van der Waals surface area contributed by atoms with Gasteiger partial charge in [-0.05, 0) is 33.6 Å². The lowest BCUT2D eigenvalue weighted by molar-refractivity contribution is 0.0600. The fourth-order valence-electron chi connectivity index (χ4n) is 2.20. The molecule has 0 saturated heterocycles. The summed E-state index contributed by atoms with van der Waals surface area (Å²) in [5.41, 5.74) is 1.24. The number of hydrogen-bond acceptors (Lipinski definition) is 7. The molecule has 130 valence electrons. The van der Waals surface area contributed by atoms with E-state index in [9.17, 15) is 9.59 Å². The van der Waals surface area contributed by atoms with Crippen LogP contribution in [0.15, 0.2) is 43.3 Å². The zero-order chi connectivity index (χ0) is 18.0. The van der Waals surface area contributed by atoms with Gasteiger partial charge in [-0.1, -0.05) is 12.1 Å². The van der Waals surface area contributed by atoms with Gasteiger partial charge in [0, 0.05) is 5.38 Å². The summed E-state index contributed by atoms with van der Waals surface area (Å²) in [6.07, 6.45) is 0. The Bertz CT molecular complexity index is 958. The van der Waals surface area contributed by atoms with E-state index in [0.717, 1.165) is 10.0 Å². The minimum absolute atomic E-state index is 0.198. The maximum atomic E-state index is 12.1. The Morgan fingerprint density at radius 2 is 2.04 bits per heavy atom. The standard InChI is InChI=1S/C16H13BrN2O5S/c1-22-12-11(17)8-25-13(12)14-18-19(16(21)24-14)7-9-3-5-10(6-4-9)15(20)23-2/h3-6,8H,7H2,1-2H3. The third-order valence-corrected chi connectivity index (χ3v) is 5.26. The van der Waals surface area contributed by atoms with Crippen LogP contribution < -0.4 is 10.5 Å². The van der Waals surface area contributed by atoms with Crippen molar-refractivity contribution in [1.29, 1.82) is 0 Å². The van der Waals surface area contributed by atoms with Crippen LogP contribution in [0.25, 0.3) is 10.8 Å². The van der Waals surface area contributed by atoms with E-state index >= 15 is 0 Å². The molecule has 0 bridgehead atoms. The average Bonchev–Trinajstić information content (AvgIpc) is 3.17. The topological polar surface area (TPSA) is 83.6 Å². The van der Waals surface area contributed by atoms with Crippen LogP contribution in [0.4, 0.5) is 0 Å². The minimum Gasteiger partial charge on any atom is -0.494 e. The first kappa shape index (κ1) is 17.4. The maximum absolute atomic E-state index is 12.1. The largest absolute Gasteiger partial charge is 0.494 e. The molecule has 9 heteroatoms. The van der Waals surface area contributed by atoms with E-state index in [-0.39, 0.29) is 12.4 Å². The van der Waals surface area contributed by atoms with Crippen molar-refractivity contribution >= 4 is 33.2 Å². The molecule has 0 aliphatic rings. The number of methoxy groups -OCH3 is 2. The Kier molecular flexibility index (Phi) is 5.05. The lowest BCUT2D eigenvalue weighted by atomic mass is 10.1. The monoisotopic (exact) mass is 424 g/mol. The highest BCUT2D eigenvalue weighted by atomic mass is 79.9. The Hall–Kier alpha value is -2.39. The predicted molar refractivity (Wildman–Crippen MR) is 95.2 cm³/mol. The van der Waals surface area contributed by atoms with Crippen LogP contribution in [0.3, 0.4) is 0 Å². The van der Waals surface area contributed by atoms with Gasteiger partial charge in [-0.2, -0.15) is 4.68 Å². The van der Waals surface area contributed by atoms with Crippen molar-refractivity contribution in [2.45, 2.75) is 6.54 Å². The molecular weight excluding hydrogens is 412 g/mol. The lowest BCUT2D eigenvalue weighted by Gasteiger charge is -2.02. The van der Waals surface area contributed by atoms with Crippen LogP contribution in [0, 0.1) is 0 Å². The number of rotatable bonds is 5. The van der Waals surface area contributed by atoms with Gasteiger partial charge in [0.25, 0.3) is 5.89 Å². The van der Waals surface area contributed by atoms with Gasteiger partial charge in [0.15, 0.2) is 5.75 Å². The molecule has 3 rings (SSSR count). The van der Waals surface area contributed by atoms with Crippen LogP contribution >= 0.6 is 27.3 Å². The summed E-state index contributed by atoms with van der Waals surface area (Å²) in [4.78, 5) is 24.1. The second kappa shape index (κ2) is 7.24. The van der Waals surface area contributed by atoms with Gasteiger partial charge >= 0.3 is 11.7 Å². The average molecular weight is 425 g/mol. The number of nitrogens with zero attached hydrogens (tertiary/aromatic N) is 2. The fraction of sp³-hybridized carbons (Fsp3) is 0.188.